The minimum absolute atomic E-state index is 0.147. The van der Waals surface area contributed by atoms with E-state index in [0.29, 0.717) is 42.5 Å². The Hall–Kier alpha value is -3.78. The second kappa shape index (κ2) is 11.3. The lowest BCUT2D eigenvalue weighted by atomic mass is 9.96. The first-order valence-corrected chi connectivity index (χ1v) is 12.0. The number of ether oxygens (including phenoxy) is 4. The third kappa shape index (κ3) is 4.95. The molecule has 0 atom stereocenters. The van der Waals surface area contributed by atoms with Gasteiger partial charge < -0.3 is 29.2 Å². The first kappa shape index (κ1) is 25.3. The van der Waals surface area contributed by atoms with Crippen LogP contribution in [0.3, 0.4) is 0 Å². The van der Waals surface area contributed by atoms with Gasteiger partial charge in [-0.2, -0.15) is 0 Å². The van der Waals surface area contributed by atoms with Crippen molar-refractivity contribution < 1.29 is 18.9 Å². The highest BCUT2D eigenvalue weighted by Gasteiger charge is 2.20. The summed E-state index contributed by atoms with van der Waals surface area (Å²) >= 11 is 0. The van der Waals surface area contributed by atoms with Crippen molar-refractivity contribution in [1.29, 1.82) is 0 Å². The molecule has 36 heavy (non-hydrogen) atoms. The highest BCUT2D eigenvalue weighted by molar-refractivity contribution is 5.95. The monoisotopic (exact) mass is 491 g/mol. The zero-order valence-electron chi connectivity index (χ0n) is 21.5. The molecule has 0 unspecified atom stereocenters. The lowest BCUT2D eigenvalue weighted by Crippen LogP contribution is -2.18. The summed E-state index contributed by atoms with van der Waals surface area (Å²) in [6.07, 6.45) is 2.00. The Balaban J connectivity index is 1.95. The fraction of sp³-hybridized carbons (Fsp3) is 0.357. The average Bonchev–Trinajstić information content (AvgIpc) is 2.89. The molecule has 0 amide bonds. The summed E-state index contributed by atoms with van der Waals surface area (Å²) in [5, 5.41) is 6.01. The molecule has 0 radical (unpaired) electrons. The summed E-state index contributed by atoms with van der Waals surface area (Å²) in [5.74, 6) is 2.59. The van der Waals surface area contributed by atoms with Gasteiger partial charge in [0.25, 0.3) is 5.56 Å². The van der Waals surface area contributed by atoms with E-state index in [1.807, 2.05) is 30.3 Å². The fourth-order valence-corrected chi connectivity index (χ4v) is 4.56. The van der Waals surface area contributed by atoms with E-state index in [4.69, 9.17) is 23.9 Å². The summed E-state index contributed by atoms with van der Waals surface area (Å²) in [4.78, 5) is 21.5. The second-order valence-electron chi connectivity index (χ2n) is 8.54. The summed E-state index contributed by atoms with van der Waals surface area (Å²) in [6.45, 7) is 3.20. The number of hydrogen-bond donors (Lipinski definition) is 2. The second-order valence-corrected chi connectivity index (χ2v) is 8.54. The molecule has 8 heteroatoms. The fourth-order valence-electron chi connectivity index (χ4n) is 4.56. The van der Waals surface area contributed by atoms with Crippen LogP contribution in [-0.4, -0.2) is 51.6 Å². The molecule has 2 aromatic carbocycles. The molecule has 2 aromatic heterocycles. The van der Waals surface area contributed by atoms with Gasteiger partial charge in [-0.1, -0.05) is 13.3 Å². The third-order valence-electron chi connectivity index (χ3n) is 6.28. The van der Waals surface area contributed by atoms with Crippen molar-refractivity contribution in [2.24, 2.45) is 0 Å². The molecular formula is C28H33N3O5. The number of H-pyrrole nitrogens is 1. The van der Waals surface area contributed by atoms with Gasteiger partial charge in [0.2, 0.25) is 0 Å². The molecule has 2 N–H and O–H groups in total. The summed E-state index contributed by atoms with van der Waals surface area (Å²) in [6, 6.07) is 11.7. The van der Waals surface area contributed by atoms with Crippen molar-refractivity contribution in [2.45, 2.75) is 26.2 Å². The predicted molar refractivity (Wildman–Crippen MR) is 143 cm³/mol. The minimum Gasteiger partial charge on any atom is -0.497 e. The van der Waals surface area contributed by atoms with Gasteiger partial charge in [-0.3, -0.25) is 4.79 Å². The van der Waals surface area contributed by atoms with Crippen LogP contribution in [0.2, 0.25) is 0 Å². The maximum absolute atomic E-state index is 13.5. The largest absolute Gasteiger partial charge is 0.497 e. The van der Waals surface area contributed by atoms with E-state index in [-0.39, 0.29) is 5.56 Å². The molecule has 4 rings (SSSR count). The van der Waals surface area contributed by atoms with Crippen molar-refractivity contribution in [1.82, 2.24) is 9.97 Å². The number of aromatic nitrogens is 2. The number of aromatic amines is 1. The van der Waals surface area contributed by atoms with E-state index < -0.39 is 0 Å². The van der Waals surface area contributed by atoms with E-state index in [0.717, 1.165) is 51.5 Å². The van der Waals surface area contributed by atoms with Gasteiger partial charge >= 0.3 is 0 Å². The number of fused-ring (bicyclic) bond motifs is 2. The van der Waals surface area contributed by atoms with Crippen LogP contribution < -0.4 is 25.1 Å². The van der Waals surface area contributed by atoms with Crippen molar-refractivity contribution >= 4 is 27.5 Å². The Morgan fingerprint density at radius 2 is 1.83 bits per heavy atom. The molecular weight excluding hydrogens is 458 g/mol. The first-order valence-electron chi connectivity index (χ1n) is 12.0. The number of nitrogens with one attached hydrogen (secondary N) is 2. The zero-order chi connectivity index (χ0) is 25.7. The number of nitrogens with zero attached hydrogens (tertiary/aromatic N) is 1. The zero-order valence-corrected chi connectivity index (χ0v) is 21.5. The number of anilines is 1. The Kier molecular flexibility index (Phi) is 7.95. The summed E-state index contributed by atoms with van der Waals surface area (Å²) in [7, 11) is 6.50. The Labute approximate surface area is 210 Å². The van der Waals surface area contributed by atoms with E-state index in [2.05, 4.69) is 23.3 Å². The molecule has 0 aliphatic rings. The standard InChI is InChI=1S/C28H33N3O5/c1-6-7-23-20-9-11-24(35-4)26(36-5)25(20)21(28(32)31-23)16-18-14-17-15-19(34-3)8-10-22(17)30-27(18)29-12-13-33-2/h8-11,14-15H,6-7,12-13,16H2,1-5H3,(H,29,30)(H,31,32). The van der Waals surface area contributed by atoms with Crippen LogP contribution >= 0.6 is 0 Å². The van der Waals surface area contributed by atoms with Crippen LogP contribution in [0.15, 0.2) is 41.2 Å². The summed E-state index contributed by atoms with van der Waals surface area (Å²) in [5.41, 5.74) is 3.05. The van der Waals surface area contributed by atoms with E-state index in [1.165, 1.54) is 0 Å². The Morgan fingerprint density at radius 3 is 2.53 bits per heavy atom. The molecule has 0 fully saturated rings. The molecule has 0 spiro atoms. The molecule has 0 aliphatic carbocycles. The number of pyridine rings is 2. The maximum Gasteiger partial charge on any atom is 0.252 e. The number of rotatable bonds is 11. The number of methoxy groups -OCH3 is 4. The van der Waals surface area contributed by atoms with Gasteiger partial charge in [0, 0.05) is 47.5 Å². The van der Waals surface area contributed by atoms with Gasteiger partial charge in [0.1, 0.15) is 11.6 Å². The smallest absolute Gasteiger partial charge is 0.252 e. The Morgan fingerprint density at radius 1 is 1.00 bits per heavy atom. The SMILES string of the molecule is CCCc1[nH]c(=O)c(Cc2cc3cc(OC)ccc3nc2NCCOC)c2c(OC)c(OC)ccc12. The number of aryl methyl sites for hydroxylation is 1. The quantitative estimate of drug-likeness (QED) is 0.294. The molecule has 190 valence electrons. The van der Waals surface area contributed by atoms with E-state index in [9.17, 15) is 4.79 Å². The molecule has 0 saturated heterocycles. The van der Waals surface area contributed by atoms with Crippen LogP contribution in [0, 0.1) is 0 Å². The third-order valence-corrected chi connectivity index (χ3v) is 6.28. The number of benzene rings is 2. The molecule has 4 aromatic rings. The molecule has 0 aliphatic heterocycles. The van der Waals surface area contributed by atoms with Crippen LogP contribution in [-0.2, 0) is 17.6 Å². The minimum atomic E-state index is -0.147. The van der Waals surface area contributed by atoms with Crippen LogP contribution in [0.5, 0.6) is 17.2 Å². The molecule has 0 bridgehead atoms. The topological polar surface area (TPSA) is 94.7 Å². The molecule has 0 saturated carbocycles. The van der Waals surface area contributed by atoms with Gasteiger partial charge in [0.05, 0.1) is 33.5 Å². The van der Waals surface area contributed by atoms with Crippen molar-refractivity contribution in [3.63, 3.8) is 0 Å². The molecule has 2 heterocycles. The van der Waals surface area contributed by atoms with Crippen LogP contribution in [0.25, 0.3) is 21.7 Å². The van der Waals surface area contributed by atoms with Gasteiger partial charge in [-0.05, 0) is 48.4 Å². The van der Waals surface area contributed by atoms with Crippen LogP contribution in [0.1, 0.15) is 30.2 Å². The van der Waals surface area contributed by atoms with Crippen LogP contribution in [0.4, 0.5) is 5.82 Å². The average molecular weight is 492 g/mol. The highest BCUT2D eigenvalue weighted by Crippen LogP contribution is 2.39. The van der Waals surface area contributed by atoms with Gasteiger partial charge in [0.15, 0.2) is 11.5 Å². The normalized spacial score (nSPS) is 11.1. The van der Waals surface area contributed by atoms with Crippen molar-refractivity contribution in [3.8, 4) is 17.2 Å². The van der Waals surface area contributed by atoms with Crippen molar-refractivity contribution in [2.75, 3.05) is 46.9 Å². The first-order chi connectivity index (χ1) is 17.5. The lowest BCUT2D eigenvalue weighted by Gasteiger charge is -2.18. The number of hydrogen-bond acceptors (Lipinski definition) is 7. The van der Waals surface area contributed by atoms with E-state index >= 15 is 0 Å². The predicted octanol–water partition coefficient (Wildman–Crippen LogP) is 4.70. The lowest BCUT2D eigenvalue weighted by molar-refractivity contribution is 0.210. The Bertz CT molecular complexity index is 1430. The summed E-state index contributed by atoms with van der Waals surface area (Å²) < 4.78 is 22.0. The van der Waals surface area contributed by atoms with Gasteiger partial charge in [-0.15, -0.1) is 0 Å². The van der Waals surface area contributed by atoms with Crippen molar-refractivity contribution in [3.05, 3.63) is 63.6 Å². The maximum atomic E-state index is 13.5. The highest BCUT2D eigenvalue weighted by atomic mass is 16.5. The van der Waals surface area contributed by atoms with E-state index in [1.54, 1.807) is 28.4 Å². The molecule has 8 nitrogen and oxygen atoms in total. The van der Waals surface area contributed by atoms with Gasteiger partial charge in [-0.25, -0.2) is 4.98 Å².